The van der Waals surface area contributed by atoms with Crippen molar-refractivity contribution < 1.29 is 4.74 Å². The molecule has 0 saturated heterocycles. The number of nitrogens with one attached hydrogen (secondary N) is 1. The minimum absolute atomic E-state index is 0.0770. The second kappa shape index (κ2) is 5.87. The average molecular weight is 245 g/mol. The monoisotopic (exact) mass is 245 g/mol. The van der Waals surface area contributed by atoms with E-state index in [-0.39, 0.29) is 6.61 Å². The molecule has 1 aromatic heterocycles. The molecule has 0 saturated carbocycles. The number of aromatic nitrogens is 1. The lowest BCUT2D eigenvalue weighted by Gasteiger charge is -2.06. The molecule has 5 heteroatoms. The van der Waals surface area contributed by atoms with Gasteiger partial charge >= 0.3 is 0 Å². The van der Waals surface area contributed by atoms with Crippen LogP contribution in [-0.4, -0.2) is 11.6 Å². The Kier molecular flexibility index (Phi) is 3.95. The summed E-state index contributed by atoms with van der Waals surface area (Å²) in [4.78, 5) is 5.20. The molecule has 1 N–H and O–H groups in total. The van der Waals surface area contributed by atoms with Gasteiger partial charge in [-0.05, 0) is 24.3 Å². The molecule has 86 valence electrons. The molecule has 4 nitrogen and oxygen atoms in total. The summed E-state index contributed by atoms with van der Waals surface area (Å²) in [6.07, 6.45) is 1.85. The van der Waals surface area contributed by atoms with Crippen LogP contribution in [0.25, 0.3) is 0 Å². The molecule has 0 unspecified atom stereocenters. The van der Waals surface area contributed by atoms with Crippen LogP contribution in [-0.2, 0) is 6.54 Å². The van der Waals surface area contributed by atoms with Crippen molar-refractivity contribution in [2.45, 2.75) is 6.54 Å². The van der Waals surface area contributed by atoms with Gasteiger partial charge in [-0.3, -0.25) is 4.98 Å². The number of hydrogen-bond acceptors (Lipinski definition) is 5. The van der Waals surface area contributed by atoms with E-state index in [1.165, 1.54) is 4.88 Å². The fourth-order valence-electron chi connectivity index (χ4n) is 1.30. The maximum absolute atomic E-state index is 8.38. The quantitative estimate of drug-likeness (QED) is 0.879. The number of ether oxygens (including phenoxy) is 1. The Balaban J connectivity index is 1.88. The fraction of sp³-hybridized carbons (Fsp3) is 0.167. The van der Waals surface area contributed by atoms with E-state index in [1.54, 1.807) is 11.3 Å². The molecule has 0 spiro atoms. The highest BCUT2D eigenvalue weighted by Gasteiger charge is 1.97. The van der Waals surface area contributed by atoms with Gasteiger partial charge in [-0.2, -0.15) is 5.26 Å². The number of hydrogen-bond donors (Lipinski definition) is 1. The summed E-state index contributed by atoms with van der Waals surface area (Å²) < 4.78 is 5.16. The van der Waals surface area contributed by atoms with Crippen LogP contribution in [0, 0.1) is 11.3 Å². The summed E-state index contributed by atoms with van der Waals surface area (Å²) in [5, 5.41) is 11.7. The number of nitriles is 1. The molecule has 1 heterocycles. The van der Waals surface area contributed by atoms with Gasteiger partial charge in [-0.15, -0.1) is 11.3 Å². The van der Waals surface area contributed by atoms with Crippen LogP contribution in [0.4, 0.5) is 5.69 Å². The van der Waals surface area contributed by atoms with Gasteiger partial charge in [0.25, 0.3) is 0 Å². The van der Waals surface area contributed by atoms with E-state index in [2.05, 4.69) is 10.3 Å². The lowest BCUT2D eigenvalue weighted by atomic mass is 10.3. The van der Waals surface area contributed by atoms with Crippen LogP contribution >= 0.6 is 11.3 Å². The molecule has 0 aliphatic heterocycles. The molecular weight excluding hydrogens is 234 g/mol. The third-order valence-corrected chi connectivity index (χ3v) is 2.89. The highest BCUT2D eigenvalue weighted by molar-refractivity contribution is 7.09. The van der Waals surface area contributed by atoms with Crippen LogP contribution in [0.1, 0.15) is 4.88 Å². The van der Waals surface area contributed by atoms with E-state index in [0.29, 0.717) is 5.75 Å². The summed E-state index contributed by atoms with van der Waals surface area (Å²) in [7, 11) is 0. The topological polar surface area (TPSA) is 57.9 Å². The first-order chi connectivity index (χ1) is 8.38. The zero-order chi connectivity index (χ0) is 11.9. The predicted molar refractivity (Wildman–Crippen MR) is 67.0 cm³/mol. The lowest BCUT2D eigenvalue weighted by Crippen LogP contribution is -1.98. The Morgan fingerprint density at radius 3 is 2.82 bits per heavy atom. The Labute approximate surface area is 103 Å². The molecule has 0 fully saturated rings. The molecule has 1 aromatic carbocycles. The van der Waals surface area contributed by atoms with Crippen LogP contribution in [0.5, 0.6) is 5.75 Å². The normalized spacial score (nSPS) is 9.59. The SMILES string of the molecule is N#CCOc1ccc(NCc2cncs2)cc1. The summed E-state index contributed by atoms with van der Waals surface area (Å²) in [5.74, 6) is 0.704. The summed E-state index contributed by atoms with van der Waals surface area (Å²) in [6.45, 7) is 0.844. The van der Waals surface area contributed by atoms with Gasteiger partial charge in [0, 0.05) is 16.8 Å². The van der Waals surface area contributed by atoms with Crippen LogP contribution in [0.15, 0.2) is 36.0 Å². The van der Waals surface area contributed by atoms with Crippen molar-refractivity contribution in [1.82, 2.24) is 4.98 Å². The minimum atomic E-state index is 0.0770. The molecule has 0 aliphatic rings. The van der Waals surface area contributed by atoms with E-state index in [4.69, 9.17) is 10.00 Å². The van der Waals surface area contributed by atoms with E-state index in [0.717, 1.165) is 12.2 Å². The first kappa shape index (κ1) is 11.4. The van der Waals surface area contributed by atoms with Crippen molar-refractivity contribution in [3.8, 4) is 11.8 Å². The van der Waals surface area contributed by atoms with Gasteiger partial charge in [0.05, 0.1) is 12.1 Å². The minimum Gasteiger partial charge on any atom is -0.479 e. The Morgan fingerprint density at radius 2 is 2.18 bits per heavy atom. The number of nitrogens with zero attached hydrogens (tertiary/aromatic N) is 2. The largest absolute Gasteiger partial charge is 0.479 e. The molecule has 0 atom stereocenters. The Bertz CT molecular complexity index is 487. The van der Waals surface area contributed by atoms with Gasteiger partial charge in [0.2, 0.25) is 0 Å². The molecule has 17 heavy (non-hydrogen) atoms. The van der Waals surface area contributed by atoms with Crippen molar-refractivity contribution in [3.05, 3.63) is 40.8 Å². The molecule has 0 radical (unpaired) electrons. The van der Waals surface area contributed by atoms with Crippen molar-refractivity contribution in [2.75, 3.05) is 11.9 Å². The summed E-state index contributed by atoms with van der Waals surface area (Å²) >= 11 is 1.62. The van der Waals surface area contributed by atoms with E-state index in [9.17, 15) is 0 Å². The van der Waals surface area contributed by atoms with Crippen molar-refractivity contribution in [2.24, 2.45) is 0 Å². The predicted octanol–water partition coefficient (Wildman–Crippen LogP) is 2.66. The Morgan fingerprint density at radius 1 is 1.35 bits per heavy atom. The second-order valence-electron chi connectivity index (χ2n) is 3.29. The van der Waals surface area contributed by atoms with Gasteiger partial charge < -0.3 is 10.1 Å². The van der Waals surface area contributed by atoms with Crippen molar-refractivity contribution in [3.63, 3.8) is 0 Å². The first-order valence-electron chi connectivity index (χ1n) is 5.09. The number of rotatable bonds is 5. The van der Waals surface area contributed by atoms with Crippen LogP contribution in [0.3, 0.4) is 0 Å². The molecular formula is C12H11N3OS. The summed E-state index contributed by atoms with van der Waals surface area (Å²) in [5.41, 5.74) is 2.83. The molecule has 2 aromatic rings. The number of thiazole rings is 1. The van der Waals surface area contributed by atoms with Crippen LogP contribution < -0.4 is 10.1 Å². The number of anilines is 1. The molecule has 0 aliphatic carbocycles. The number of benzene rings is 1. The fourth-order valence-corrected chi connectivity index (χ4v) is 1.84. The average Bonchev–Trinajstić information content (AvgIpc) is 2.88. The molecule has 0 bridgehead atoms. The smallest absolute Gasteiger partial charge is 0.174 e. The van der Waals surface area contributed by atoms with Gasteiger partial charge in [-0.1, -0.05) is 0 Å². The van der Waals surface area contributed by atoms with E-state index >= 15 is 0 Å². The highest BCUT2D eigenvalue weighted by Crippen LogP contribution is 2.16. The maximum Gasteiger partial charge on any atom is 0.174 e. The van der Waals surface area contributed by atoms with Crippen molar-refractivity contribution >= 4 is 17.0 Å². The zero-order valence-corrected chi connectivity index (χ0v) is 9.91. The summed E-state index contributed by atoms with van der Waals surface area (Å²) in [6, 6.07) is 9.46. The lowest BCUT2D eigenvalue weighted by molar-refractivity contribution is 0.368. The first-order valence-corrected chi connectivity index (χ1v) is 5.97. The van der Waals surface area contributed by atoms with Gasteiger partial charge in [-0.25, -0.2) is 0 Å². The van der Waals surface area contributed by atoms with Gasteiger partial charge in [0.1, 0.15) is 11.8 Å². The van der Waals surface area contributed by atoms with Crippen molar-refractivity contribution in [1.29, 1.82) is 5.26 Å². The van der Waals surface area contributed by atoms with Gasteiger partial charge in [0.15, 0.2) is 6.61 Å². The highest BCUT2D eigenvalue weighted by atomic mass is 32.1. The van der Waals surface area contributed by atoms with E-state index in [1.807, 2.05) is 42.0 Å². The third-order valence-electron chi connectivity index (χ3n) is 2.11. The standard InChI is InChI=1S/C12H11N3OS/c13-5-6-16-11-3-1-10(2-4-11)15-8-12-7-14-9-17-12/h1-4,7,9,15H,6,8H2. The zero-order valence-electron chi connectivity index (χ0n) is 9.09. The maximum atomic E-state index is 8.38. The third kappa shape index (κ3) is 3.47. The van der Waals surface area contributed by atoms with Crippen LogP contribution in [0.2, 0.25) is 0 Å². The Hall–Kier alpha value is -2.06. The van der Waals surface area contributed by atoms with E-state index < -0.39 is 0 Å². The second-order valence-corrected chi connectivity index (χ2v) is 4.26. The molecule has 0 amide bonds. The molecule has 2 rings (SSSR count).